The first-order valence-electron chi connectivity index (χ1n) is 10.1. The second kappa shape index (κ2) is 14.1. The summed E-state index contributed by atoms with van der Waals surface area (Å²) >= 11 is 0.569. The van der Waals surface area contributed by atoms with E-state index in [0.29, 0.717) is 12.7 Å². The van der Waals surface area contributed by atoms with Gasteiger partial charge in [0.1, 0.15) is 12.3 Å². The summed E-state index contributed by atoms with van der Waals surface area (Å²) in [6, 6.07) is 44.5. The summed E-state index contributed by atoms with van der Waals surface area (Å²) in [4.78, 5) is 0. The number of hydrogen-bond donors (Lipinski definition) is 0. The van der Waals surface area contributed by atoms with Crippen molar-refractivity contribution in [1.29, 1.82) is 0 Å². The minimum absolute atomic E-state index is 0.569. The van der Waals surface area contributed by atoms with Gasteiger partial charge < -0.3 is 0 Å². The molecule has 5 heteroatoms. The van der Waals surface area contributed by atoms with E-state index in [2.05, 4.69) is 121 Å². The Kier molecular flexibility index (Phi) is 11.1. The van der Waals surface area contributed by atoms with Gasteiger partial charge in [0.25, 0.3) is 0 Å². The van der Waals surface area contributed by atoms with Crippen LogP contribution in [0.15, 0.2) is 121 Å². The van der Waals surface area contributed by atoms with Gasteiger partial charge in [0.05, 0.1) is 37.1 Å². The molecule has 4 rings (SSSR count). The predicted octanol–water partition coefficient (Wildman–Crippen LogP) is 6.09. The van der Waals surface area contributed by atoms with E-state index in [9.17, 15) is 0 Å². The zero-order valence-corrected chi connectivity index (χ0v) is 21.5. The average molecular weight is 530 g/mol. The summed E-state index contributed by atoms with van der Waals surface area (Å²) in [5, 5.41) is 6.06. The smallest absolute Gasteiger partial charge is 0.0620 e. The van der Waals surface area contributed by atoms with Crippen LogP contribution in [0.3, 0.4) is 0 Å². The van der Waals surface area contributed by atoms with Crippen LogP contribution in [-0.2, 0) is 12.7 Å². The van der Waals surface area contributed by atoms with Gasteiger partial charge in [-0.15, -0.1) is 0 Å². The van der Waals surface area contributed by atoms with Gasteiger partial charge in [-0.25, -0.2) is 0 Å². The monoisotopic (exact) mass is 528 g/mol. The van der Waals surface area contributed by atoms with Gasteiger partial charge in [-0.05, 0) is 48.5 Å². The van der Waals surface area contributed by atoms with Gasteiger partial charge in [0.15, 0.2) is 0 Å². The molecule has 0 spiro atoms. The molecule has 0 heterocycles. The van der Waals surface area contributed by atoms with Crippen LogP contribution < -0.4 is 21.2 Å². The van der Waals surface area contributed by atoms with Crippen LogP contribution in [0.5, 0.6) is 0 Å². The van der Waals surface area contributed by atoms with E-state index in [0.717, 1.165) is 0 Å². The van der Waals surface area contributed by atoms with Crippen LogP contribution >= 0.6 is 36.2 Å². The maximum Gasteiger partial charge on any atom is 0.101 e. The molecule has 4 aromatic rings. The van der Waals surface area contributed by atoms with E-state index >= 15 is 0 Å². The third-order valence-corrected chi connectivity index (χ3v) is 11.2. The minimum Gasteiger partial charge on any atom is -0.0620 e. The normalized spacial score (nSPS) is 10.7. The fraction of sp³-hybridized carbons (Fsp3) is 0.0769. The molecular formula is C26H26Cl2NiP2+2. The zero-order chi connectivity index (χ0) is 21.7. The molecule has 0 atom stereocenters. The molecule has 0 saturated heterocycles. The topological polar surface area (TPSA) is 0 Å². The second-order valence-electron chi connectivity index (χ2n) is 6.97. The first kappa shape index (κ1) is 24.5. The summed E-state index contributed by atoms with van der Waals surface area (Å²) in [5.74, 6) is 0. The molecule has 0 saturated carbocycles. The molecule has 0 aliphatic rings. The van der Waals surface area contributed by atoms with Crippen LogP contribution in [0.4, 0.5) is 0 Å². The summed E-state index contributed by atoms with van der Waals surface area (Å²) in [6.45, 7) is 0. The molecule has 0 fully saturated rings. The Morgan fingerprint density at radius 2 is 0.613 bits per heavy atom. The third-order valence-electron chi connectivity index (χ3n) is 5.11. The van der Waals surface area contributed by atoms with Crippen LogP contribution in [0, 0.1) is 0 Å². The molecular weight excluding hydrogens is 504 g/mol. The zero-order valence-electron chi connectivity index (χ0n) is 17.0. The van der Waals surface area contributed by atoms with E-state index in [1.165, 1.54) is 33.5 Å². The first-order chi connectivity index (χ1) is 15.3. The number of rotatable bonds is 7. The van der Waals surface area contributed by atoms with Crippen LogP contribution in [0.2, 0.25) is 0 Å². The average Bonchev–Trinajstić information content (AvgIpc) is 2.85. The maximum atomic E-state index is 4.70. The molecule has 0 nitrogen and oxygen atoms in total. The summed E-state index contributed by atoms with van der Waals surface area (Å²) in [7, 11) is 7.84. The van der Waals surface area contributed by atoms with Crippen LogP contribution in [0.1, 0.15) is 0 Å². The molecule has 0 aliphatic carbocycles. The van der Waals surface area contributed by atoms with Gasteiger partial charge in [-0.1, -0.05) is 72.8 Å². The molecule has 4 aromatic carbocycles. The van der Waals surface area contributed by atoms with Gasteiger partial charge in [-0.3, -0.25) is 0 Å². The van der Waals surface area contributed by atoms with Crippen molar-refractivity contribution in [3.8, 4) is 0 Å². The Balaban J connectivity index is 0.000000858. The number of benzene rings is 4. The van der Waals surface area contributed by atoms with E-state index in [4.69, 9.17) is 20.4 Å². The Hall–Kier alpha value is -1.19. The van der Waals surface area contributed by atoms with E-state index in [-0.39, 0.29) is 0 Å². The molecule has 0 aliphatic heterocycles. The van der Waals surface area contributed by atoms with Crippen molar-refractivity contribution in [2.45, 2.75) is 0 Å². The van der Waals surface area contributed by atoms with Crippen LogP contribution in [-0.4, -0.2) is 12.3 Å². The van der Waals surface area contributed by atoms with Crippen LogP contribution in [0.25, 0.3) is 0 Å². The predicted molar refractivity (Wildman–Crippen MR) is 142 cm³/mol. The molecule has 0 aromatic heterocycles. The van der Waals surface area contributed by atoms with Crippen molar-refractivity contribution >= 4 is 57.4 Å². The molecule has 0 bridgehead atoms. The van der Waals surface area contributed by atoms with E-state index in [1.54, 1.807) is 0 Å². The van der Waals surface area contributed by atoms with Gasteiger partial charge in [-0.2, -0.15) is 0 Å². The SMILES string of the molecule is [Cl][Ni][Cl].c1ccc([PH+](CC[PH+](c2ccccc2)c2ccccc2)c2ccccc2)cc1. The van der Waals surface area contributed by atoms with Crippen molar-refractivity contribution < 1.29 is 12.7 Å². The van der Waals surface area contributed by atoms with Crippen molar-refractivity contribution in [2.24, 2.45) is 0 Å². The quantitative estimate of drug-likeness (QED) is 0.201. The molecule has 0 amide bonds. The molecule has 162 valence electrons. The largest absolute Gasteiger partial charge is 0.101 e. The van der Waals surface area contributed by atoms with Crippen molar-refractivity contribution in [1.82, 2.24) is 0 Å². The molecule has 0 unspecified atom stereocenters. The Morgan fingerprint density at radius 3 is 0.806 bits per heavy atom. The van der Waals surface area contributed by atoms with Gasteiger partial charge >= 0.3 is 33.0 Å². The van der Waals surface area contributed by atoms with Crippen molar-refractivity contribution in [2.75, 3.05) is 12.3 Å². The standard InChI is InChI=1S/C26H24P2.2ClH.Ni/c1-5-13-23(14-6-1)27(24-15-7-2-8-16-24)21-22-28(25-17-9-3-10-18-25)26-19-11-4-12-20-26;;;/h1-20H,21-22H2;2*1H;/q;;;+2. The van der Waals surface area contributed by atoms with Gasteiger partial charge in [0, 0.05) is 0 Å². The summed E-state index contributed by atoms with van der Waals surface area (Å²) in [5.41, 5.74) is 0. The van der Waals surface area contributed by atoms with Gasteiger partial charge in [0.2, 0.25) is 0 Å². The molecule has 31 heavy (non-hydrogen) atoms. The fourth-order valence-corrected chi connectivity index (χ4v) is 9.92. The van der Waals surface area contributed by atoms with Crippen molar-refractivity contribution in [3.63, 3.8) is 0 Å². The number of hydrogen-bond acceptors (Lipinski definition) is 0. The second-order valence-corrected chi connectivity index (χ2v) is 13.8. The molecule has 0 radical (unpaired) electrons. The summed E-state index contributed by atoms with van der Waals surface area (Å²) < 4.78 is 0. The first-order valence-corrected chi connectivity index (χ1v) is 16.2. The fourth-order valence-electron chi connectivity index (χ4n) is 3.72. The summed E-state index contributed by atoms with van der Waals surface area (Å²) in [6.07, 6.45) is 2.52. The number of halogens is 2. The third kappa shape index (κ3) is 7.72. The van der Waals surface area contributed by atoms with E-state index in [1.807, 2.05) is 0 Å². The maximum absolute atomic E-state index is 4.70. The van der Waals surface area contributed by atoms with E-state index < -0.39 is 15.8 Å². The molecule has 0 N–H and O–H groups in total. The Bertz CT molecular complexity index is 825. The van der Waals surface area contributed by atoms with Crippen molar-refractivity contribution in [3.05, 3.63) is 121 Å². The minimum atomic E-state index is -0.783. The Labute approximate surface area is 202 Å². The Morgan fingerprint density at radius 1 is 0.419 bits per heavy atom.